The minimum Gasteiger partial charge on any atom is -0.482 e. The third-order valence-electron chi connectivity index (χ3n) is 2.63. The predicted molar refractivity (Wildman–Crippen MR) is 52.4 cm³/mol. The maximum absolute atomic E-state index is 9.17. The van der Waals surface area contributed by atoms with Crippen LogP contribution in [0.5, 0.6) is 5.75 Å². The van der Waals surface area contributed by atoms with Gasteiger partial charge in [0, 0.05) is 6.42 Å². The highest BCUT2D eigenvalue weighted by atomic mass is 16.5. The normalized spacial score (nSPS) is 17.6. The number of ether oxygens (including phenoxy) is 1. The second-order valence-electron chi connectivity index (χ2n) is 3.89. The molecule has 0 atom stereocenters. The Labute approximate surface area is 83.0 Å². The van der Waals surface area contributed by atoms with E-state index in [0.29, 0.717) is 6.42 Å². The highest BCUT2D eigenvalue weighted by Gasteiger charge is 2.38. The van der Waals surface area contributed by atoms with E-state index in [2.05, 4.69) is 0 Å². The van der Waals surface area contributed by atoms with Crippen molar-refractivity contribution >= 4 is 0 Å². The van der Waals surface area contributed by atoms with Gasteiger partial charge in [0.05, 0.1) is 13.2 Å². The van der Waals surface area contributed by atoms with Crippen LogP contribution in [-0.4, -0.2) is 29.0 Å². The van der Waals surface area contributed by atoms with Crippen LogP contribution in [0.3, 0.4) is 0 Å². The van der Waals surface area contributed by atoms with E-state index in [1.165, 1.54) is 5.56 Å². The first-order chi connectivity index (χ1) is 6.69. The van der Waals surface area contributed by atoms with Crippen LogP contribution in [0.25, 0.3) is 0 Å². The lowest BCUT2D eigenvalue weighted by molar-refractivity contribution is -0.0175. The number of hydrogen-bond donors (Lipinski definition) is 2. The molecule has 0 bridgehead atoms. The Morgan fingerprint density at radius 1 is 1.36 bits per heavy atom. The second kappa shape index (κ2) is 3.26. The molecule has 14 heavy (non-hydrogen) atoms. The lowest BCUT2D eigenvalue weighted by Gasteiger charge is -2.23. The van der Waals surface area contributed by atoms with Crippen molar-refractivity contribution in [3.63, 3.8) is 0 Å². The van der Waals surface area contributed by atoms with Crippen LogP contribution in [-0.2, 0) is 6.42 Å². The molecule has 0 aliphatic carbocycles. The third kappa shape index (κ3) is 1.38. The van der Waals surface area contributed by atoms with E-state index in [0.717, 1.165) is 11.3 Å². The molecule has 3 nitrogen and oxygen atoms in total. The Kier molecular flexibility index (Phi) is 2.21. The van der Waals surface area contributed by atoms with Crippen molar-refractivity contribution in [3.8, 4) is 5.75 Å². The number of aryl methyl sites for hydroxylation is 1. The van der Waals surface area contributed by atoms with Crippen molar-refractivity contribution in [1.29, 1.82) is 0 Å². The number of fused-ring (bicyclic) bond motifs is 1. The van der Waals surface area contributed by atoms with E-state index < -0.39 is 5.60 Å². The summed E-state index contributed by atoms with van der Waals surface area (Å²) in [5, 5.41) is 18.3. The number of benzene rings is 1. The summed E-state index contributed by atoms with van der Waals surface area (Å²) in [6.07, 6.45) is 0.580. The minimum absolute atomic E-state index is 0.156. The summed E-state index contributed by atoms with van der Waals surface area (Å²) in [5.74, 6) is 0.777. The van der Waals surface area contributed by atoms with Crippen LogP contribution in [0.2, 0.25) is 0 Å². The number of aliphatic hydroxyl groups is 2. The smallest absolute Gasteiger partial charge is 0.159 e. The fraction of sp³-hybridized carbons (Fsp3) is 0.455. The van der Waals surface area contributed by atoms with E-state index >= 15 is 0 Å². The maximum atomic E-state index is 9.17. The zero-order valence-corrected chi connectivity index (χ0v) is 8.16. The molecule has 0 saturated carbocycles. The highest BCUT2D eigenvalue weighted by molar-refractivity contribution is 5.41. The Morgan fingerprint density at radius 3 is 2.71 bits per heavy atom. The van der Waals surface area contributed by atoms with E-state index in [4.69, 9.17) is 4.74 Å². The van der Waals surface area contributed by atoms with Gasteiger partial charge in [-0.15, -0.1) is 0 Å². The van der Waals surface area contributed by atoms with Crippen molar-refractivity contribution in [2.24, 2.45) is 0 Å². The van der Waals surface area contributed by atoms with Crippen molar-refractivity contribution < 1.29 is 14.9 Å². The lowest BCUT2D eigenvalue weighted by atomic mass is 9.98. The molecule has 0 radical (unpaired) electrons. The Balaban J connectivity index is 2.33. The van der Waals surface area contributed by atoms with Crippen LogP contribution in [0, 0.1) is 6.92 Å². The van der Waals surface area contributed by atoms with Gasteiger partial charge in [0.15, 0.2) is 5.60 Å². The van der Waals surface area contributed by atoms with Gasteiger partial charge in [-0.25, -0.2) is 0 Å². The van der Waals surface area contributed by atoms with Crippen LogP contribution >= 0.6 is 0 Å². The molecule has 1 aliphatic heterocycles. The second-order valence-corrected chi connectivity index (χ2v) is 3.89. The summed E-state index contributed by atoms with van der Waals surface area (Å²) in [4.78, 5) is 0. The van der Waals surface area contributed by atoms with Crippen molar-refractivity contribution in [2.45, 2.75) is 18.9 Å². The van der Waals surface area contributed by atoms with Crippen LogP contribution in [0.15, 0.2) is 18.2 Å². The molecule has 0 unspecified atom stereocenters. The van der Waals surface area contributed by atoms with Gasteiger partial charge in [-0.3, -0.25) is 0 Å². The predicted octanol–water partition coefficient (Wildman–Crippen LogP) is 0.653. The number of rotatable bonds is 2. The van der Waals surface area contributed by atoms with Gasteiger partial charge in [0.2, 0.25) is 0 Å². The van der Waals surface area contributed by atoms with Gasteiger partial charge in [0.1, 0.15) is 5.75 Å². The molecule has 3 heteroatoms. The summed E-state index contributed by atoms with van der Waals surface area (Å²) in [7, 11) is 0. The largest absolute Gasteiger partial charge is 0.482 e. The zero-order chi connectivity index (χ0) is 10.2. The molecule has 0 aromatic heterocycles. The fourth-order valence-electron chi connectivity index (χ4n) is 1.79. The van der Waals surface area contributed by atoms with E-state index in [1.54, 1.807) is 0 Å². The van der Waals surface area contributed by atoms with Gasteiger partial charge in [-0.1, -0.05) is 17.7 Å². The molecular formula is C11H14O3. The molecule has 1 aromatic rings. The average molecular weight is 194 g/mol. The SMILES string of the molecule is Cc1ccc2c(c1)CC(CO)(CO)O2. The summed E-state index contributed by atoms with van der Waals surface area (Å²) < 4.78 is 5.55. The van der Waals surface area contributed by atoms with Gasteiger partial charge in [-0.05, 0) is 18.6 Å². The first-order valence-corrected chi connectivity index (χ1v) is 4.69. The molecule has 1 heterocycles. The summed E-state index contributed by atoms with van der Waals surface area (Å²) >= 11 is 0. The molecule has 0 saturated heterocycles. The zero-order valence-electron chi connectivity index (χ0n) is 8.16. The summed E-state index contributed by atoms with van der Waals surface area (Å²) in [5.41, 5.74) is 1.42. The fourth-order valence-corrected chi connectivity index (χ4v) is 1.79. The molecule has 1 aliphatic rings. The van der Waals surface area contributed by atoms with Gasteiger partial charge >= 0.3 is 0 Å². The van der Waals surface area contributed by atoms with Crippen molar-refractivity contribution in [2.75, 3.05) is 13.2 Å². The molecule has 0 spiro atoms. The first kappa shape index (κ1) is 9.49. The molecule has 1 aromatic carbocycles. The monoisotopic (exact) mass is 194 g/mol. The van der Waals surface area contributed by atoms with Crippen LogP contribution < -0.4 is 4.74 Å². The van der Waals surface area contributed by atoms with E-state index in [1.807, 2.05) is 25.1 Å². The maximum Gasteiger partial charge on any atom is 0.159 e. The minimum atomic E-state index is -0.809. The highest BCUT2D eigenvalue weighted by Crippen LogP contribution is 2.35. The summed E-state index contributed by atoms with van der Waals surface area (Å²) in [6, 6.07) is 5.88. The molecule has 2 rings (SSSR count). The van der Waals surface area contributed by atoms with Crippen molar-refractivity contribution in [1.82, 2.24) is 0 Å². The van der Waals surface area contributed by atoms with Crippen LogP contribution in [0.1, 0.15) is 11.1 Å². The van der Waals surface area contributed by atoms with Gasteiger partial charge in [-0.2, -0.15) is 0 Å². The molecule has 0 amide bonds. The van der Waals surface area contributed by atoms with Crippen LogP contribution in [0.4, 0.5) is 0 Å². The molecule has 76 valence electrons. The van der Waals surface area contributed by atoms with E-state index in [9.17, 15) is 10.2 Å². The Bertz CT molecular complexity index is 342. The molecular weight excluding hydrogens is 180 g/mol. The topological polar surface area (TPSA) is 49.7 Å². The lowest BCUT2D eigenvalue weighted by Crippen LogP contribution is -2.42. The van der Waals surface area contributed by atoms with Gasteiger partial charge in [0.25, 0.3) is 0 Å². The quantitative estimate of drug-likeness (QED) is 0.727. The number of aliphatic hydroxyl groups excluding tert-OH is 2. The standard InChI is InChI=1S/C11H14O3/c1-8-2-3-10-9(4-8)5-11(6-12,7-13)14-10/h2-4,12-13H,5-7H2,1H3. The van der Waals surface area contributed by atoms with Gasteiger partial charge < -0.3 is 14.9 Å². The Hall–Kier alpha value is -1.06. The Morgan fingerprint density at radius 2 is 2.07 bits per heavy atom. The number of hydrogen-bond acceptors (Lipinski definition) is 3. The van der Waals surface area contributed by atoms with Crippen molar-refractivity contribution in [3.05, 3.63) is 29.3 Å². The van der Waals surface area contributed by atoms with E-state index in [-0.39, 0.29) is 13.2 Å². The first-order valence-electron chi connectivity index (χ1n) is 4.69. The third-order valence-corrected chi connectivity index (χ3v) is 2.63. The molecule has 2 N–H and O–H groups in total. The summed E-state index contributed by atoms with van der Waals surface area (Å²) in [6.45, 7) is 1.70. The molecule has 0 fully saturated rings. The average Bonchev–Trinajstić information content (AvgIpc) is 2.56.